The van der Waals surface area contributed by atoms with Gasteiger partial charge in [0.05, 0.1) is 28.5 Å². The minimum absolute atomic E-state index is 0.0251. The minimum Gasteiger partial charge on any atom is -0.354 e. The molecule has 0 saturated carbocycles. The molecule has 2 aromatic heterocycles. The number of aromatic amines is 2. The summed E-state index contributed by atoms with van der Waals surface area (Å²) in [5.41, 5.74) is 10.9. The van der Waals surface area contributed by atoms with Crippen LogP contribution in [0.5, 0.6) is 0 Å². The fourth-order valence-electron chi connectivity index (χ4n) is 5.60. The van der Waals surface area contributed by atoms with Crippen molar-refractivity contribution in [2.24, 2.45) is 0 Å². The van der Waals surface area contributed by atoms with Gasteiger partial charge in [-0.25, -0.2) is 0 Å². The van der Waals surface area contributed by atoms with Crippen molar-refractivity contribution in [3.05, 3.63) is 105 Å². The number of hydrogen-bond donors (Lipinski definition) is 4. The highest BCUT2D eigenvalue weighted by atomic mass is 79.9. The molecule has 0 spiro atoms. The number of carbonyl (C=O) groups excluding carboxylic acids is 1. The van der Waals surface area contributed by atoms with Gasteiger partial charge < -0.3 is 20.6 Å². The number of carbonyl (C=O) groups is 1. The predicted molar refractivity (Wildman–Crippen MR) is 175 cm³/mol. The van der Waals surface area contributed by atoms with Gasteiger partial charge in [-0.05, 0) is 59.7 Å². The molecule has 0 aliphatic carbocycles. The Morgan fingerprint density at radius 2 is 1.12 bits per heavy atom. The van der Waals surface area contributed by atoms with E-state index in [4.69, 9.17) is 12.2 Å². The lowest BCUT2D eigenvalue weighted by atomic mass is 10.0. The van der Waals surface area contributed by atoms with Gasteiger partial charge in [0.2, 0.25) is 5.91 Å². The van der Waals surface area contributed by atoms with Crippen LogP contribution in [-0.2, 0) is 17.6 Å². The molecular formula is C32H22Br2N4OS. The van der Waals surface area contributed by atoms with Crippen LogP contribution in [0.1, 0.15) is 11.1 Å². The van der Waals surface area contributed by atoms with Gasteiger partial charge in [-0.2, -0.15) is 0 Å². The van der Waals surface area contributed by atoms with E-state index in [0.717, 1.165) is 65.0 Å². The Balaban J connectivity index is 0.000000132. The first-order chi connectivity index (χ1) is 19.4. The molecule has 196 valence electrons. The van der Waals surface area contributed by atoms with Crippen LogP contribution in [0, 0.1) is 0 Å². The van der Waals surface area contributed by atoms with Gasteiger partial charge in [0.25, 0.3) is 0 Å². The molecule has 40 heavy (non-hydrogen) atoms. The monoisotopic (exact) mass is 668 g/mol. The molecule has 0 atom stereocenters. The van der Waals surface area contributed by atoms with Gasteiger partial charge in [0.1, 0.15) is 0 Å². The van der Waals surface area contributed by atoms with Crippen molar-refractivity contribution in [1.29, 1.82) is 0 Å². The molecule has 2 aliphatic heterocycles. The Hall–Kier alpha value is -3.72. The molecule has 2 aliphatic rings. The lowest BCUT2D eigenvalue weighted by Gasteiger charge is -2.07. The Kier molecular flexibility index (Phi) is 6.34. The third-order valence-electron chi connectivity index (χ3n) is 7.35. The van der Waals surface area contributed by atoms with E-state index in [1.165, 1.54) is 22.2 Å². The number of anilines is 2. The molecule has 0 saturated heterocycles. The van der Waals surface area contributed by atoms with E-state index in [0.29, 0.717) is 6.42 Å². The topological polar surface area (TPSA) is 72.7 Å². The molecule has 8 rings (SSSR count). The van der Waals surface area contributed by atoms with E-state index >= 15 is 0 Å². The molecule has 0 unspecified atom stereocenters. The van der Waals surface area contributed by atoms with Gasteiger partial charge in [-0.1, -0.05) is 80.5 Å². The van der Waals surface area contributed by atoms with Crippen LogP contribution in [0.2, 0.25) is 0 Å². The molecule has 1 amide bonds. The number of benzene rings is 4. The highest BCUT2D eigenvalue weighted by Crippen LogP contribution is 2.39. The number of thiocarbonyl (C=S) groups is 1. The molecule has 6 aromatic rings. The highest BCUT2D eigenvalue weighted by Gasteiger charge is 2.23. The van der Waals surface area contributed by atoms with Crippen LogP contribution in [0.25, 0.3) is 44.3 Å². The second kappa shape index (κ2) is 10.0. The van der Waals surface area contributed by atoms with Crippen molar-refractivity contribution >= 4 is 88.2 Å². The fraction of sp³-hybridized carbons (Fsp3) is 0.0625. The van der Waals surface area contributed by atoms with Crippen LogP contribution in [0.4, 0.5) is 11.4 Å². The average molecular weight is 670 g/mol. The summed E-state index contributed by atoms with van der Waals surface area (Å²) >= 11 is 12.5. The van der Waals surface area contributed by atoms with Crippen LogP contribution < -0.4 is 10.6 Å². The second-order valence-electron chi connectivity index (χ2n) is 9.88. The minimum atomic E-state index is 0.0251. The first-order valence-corrected chi connectivity index (χ1v) is 14.8. The van der Waals surface area contributed by atoms with E-state index in [2.05, 4.69) is 94.9 Å². The third kappa shape index (κ3) is 4.46. The fourth-order valence-corrected chi connectivity index (χ4v) is 6.57. The first-order valence-electron chi connectivity index (χ1n) is 12.8. The summed E-state index contributed by atoms with van der Waals surface area (Å²) in [6, 6.07) is 28.6. The van der Waals surface area contributed by atoms with Crippen LogP contribution in [0.15, 0.2) is 93.9 Å². The maximum absolute atomic E-state index is 12.1. The highest BCUT2D eigenvalue weighted by molar-refractivity contribution is 9.10. The number of amides is 1. The van der Waals surface area contributed by atoms with Crippen LogP contribution in [0.3, 0.4) is 0 Å². The standard InChI is InChI=1S/C16H11BrN2O.C16H11BrN2S/c2*17-9-5-6-14-11(7-9)12-8-15(20)18-13-4-2-1-3-10(13)16(12)19-14/h2*1-7,19H,8H2,(H,18,20). The molecule has 4 heterocycles. The van der Waals surface area contributed by atoms with Crippen molar-refractivity contribution in [3.63, 3.8) is 0 Å². The van der Waals surface area contributed by atoms with E-state index in [1.807, 2.05) is 42.5 Å². The summed E-state index contributed by atoms with van der Waals surface area (Å²) < 4.78 is 2.10. The van der Waals surface area contributed by atoms with Crippen molar-refractivity contribution in [2.75, 3.05) is 10.6 Å². The molecule has 4 aromatic carbocycles. The van der Waals surface area contributed by atoms with E-state index in [9.17, 15) is 4.79 Å². The molecule has 8 heteroatoms. The summed E-state index contributed by atoms with van der Waals surface area (Å²) in [4.78, 5) is 19.9. The summed E-state index contributed by atoms with van der Waals surface area (Å²) in [7, 11) is 0. The quantitative estimate of drug-likeness (QED) is 0.122. The Bertz CT molecular complexity index is 1850. The van der Waals surface area contributed by atoms with E-state index in [-0.39, 0.29) is 5.91 Å². The summed E-state index contributed by atoms with van der Waals surface area (Å²) in [6.45, 7) is 0. The molecule has 0 radical (unpaired) electrons. The SMILES string of the molecule is O=C1Cc2c([nH]c3ccc(Br)cc23)-c2ccccc2N1.S=C1Cc2c([nH]c3ccc(Br)cc23)-c2ccccc2N1. The van der Waals surface area contributed by atoms with Gasteiger partial charge in [0.15, 0.2) is 0 Å². The maximum atomic E-state index is 12.1. The molecule has 0 bridgehead atoms. The Morgan fingerprint density at radius 3 is 1.70 bits per heavy atom. The molecule has 5 nitrogen and oxygen atoms in total. The number of hydrogen-bond acceptors (Lipinski definition) is 2. The molecule has 0 fully saturated rings. The first kappa shape index (κ1) is 25.3. The molecular weight excluding hydrogens is 648 g/mol. The van der Waals surface area contributed by atoms with Gasteiger partial charge in [0, 0.05) is 54.0 Å². The van der Waals surface area contributed by atoms with Crippen molar-refractivity contribution in [3.8, 4) is 22.5 Å². The lowest BCUT2D eigenvalue weighted by Crippen LogP contribution is -2.12. The average Bonchev–Trinajstić information content (AvgIpc) is 3.37. The maximum Gasteiger partial charge on any atom is 0.228 e. The normalized spacial score (nSPS) is 13.6. The van der Waals surface area contributed by atoms with Crippen molar-refractivity contribution < 1.29 is 4.79 Å². The van der Waals surface area contributed by atoms with Crippen LogP contribution >= 0.6 is 44.1 Å². The number of fused-ring (bicyclic) bond motifs is 10. The summed E-state index contributed by atoms with van der Waals surface area (Å²) in [5.74, 6) is 0.0251. The summed E-state index contributed by atoms with van der Waals surface area (Å²) in [6.07, 6.45) is 1.15. The smallest absolute Gasteiger partial charge is 0.228 e. The lowest BCUT2D eigenvalue weighted by molar-refractivity contribution is -0.115. The Morgan fingerprint density at radius 1 is 0.625 bits per heavy atom. The largest absolute Gasteiger partial charge is 0.354 e. The van der Waals surface area contributed by atoms with Crippen LogP contribution in [-0.4, -0.2) is 20.9 Å². The number of rotatable bonds is 0. The van der Waals surface area contributed by atoms with E-state index < -0.39 is 0 Å². The van der Waals surface area contributed by atoms with Gasteiger partial charge >= 0.3 is 0 Å². The number of nitrogens with one attached hydrogen (secondary N) is 4. The second-order valence-corrected chi connectivity index (χ2v) is 12.2. The van der Waals surface area contributed by atoms with Crippen molar-refractivity contribution in [2.45, 2.75) is 12.8 Å². The Labute approximate surface area is 252 Å². The number of para-hydroxylation sites is 2. The number of aromatic nitrogens is 2. The summed E-state index contributed by atoms with van der Waals surface area (Å²) in [5, 5.41) is 8.63. The number of halogens is 2. The molecule has 4 N–H and O–H groups in total. The number of H-pyrrole nitrogens is 2. The predicted octanol–water partition coefficient (Wildman–Crippen LogP) is 8.98. The van der Waals surface area contributed by atoms with E-state index in [1.54, 1.807) is 0 Å². The third-order valence-corrected chi connectivity index (χ3v) is 8.58. The zero-order chi connectivity index (χ0) is 27.4. The zero-order valence-electron chi connectivity index (χ0n) is 21.1. The van der Waals surface area contributed by atoms with Gasteiger partial charge in [-0.3, -0.25) is 4.79 Å². The zero-order valence-corrected chi connectivity index (χ0v) is 25.1. The van der Waals surface area contributed by atoms with Gasteiger partial charge in [-0.15, -0.1) is 0 Å². The van der Waals surface area contributed by atoms with Crippen molar-refractivity contribution in [1.82, 2.24) is 9.97 Å².